The second kappa shape index (κ2) is 6.51. The monoisotopic (exact) mass is 285 g/mol. The van der Waals surface area contributed by atoms with Gasteiger partial charge in [-0.2, -0.15) is 0 Å². The third-order valence-electron chi connectivity index (χ3n) is 3.66. The summed E-state index contributed by atoms with van der Waals surface area (Å²) in [5, 5.41) is 2.64. The molecule has 0 bridgehead atoms. The molecule has 2 aliphatic heterocycles. The molecule has 2 amide bonds. The molecule has 2 rings (SSSR count). The first-order valence-corrected chi connectivity index (χ1v) is 7.02. The lowest BCUT2D eigenvalue weighted by atomic mass is 10.0. The van der Waals surface area contributed by atoms with Crippen molar-refractivity contribution < 1.29 is 19.1 Å². The summed E-state index contributed by atoms with van der Waals surface area (Å²) in [6.45, 7) is 3.41. The highest BCUT2D eigenvalue weighted by atomic mass is 16.7. The summed E-state index contributed by atoms with van der Waals surface area (Å²) in [5.41, 5.74) is 0. The first-order chi connectivity index (χ1) is 9.52. The van der Waals surface area contributed by atoms with Crippen LogP contribution in [0.2, 0.25) is 0 Å². The third kappa shape index (κ3) is 3.68. The molecule has 0 aromatic carbocycles. The maximum absolute atomic E-state index is 12.0. The second-order valence-corrected chi connectivity index (χ2v) is 5.46. The van der Waals surface area contributed by atoms with Gasteiger partial charge in [-0.3, -0.25) is 9.59 Å². The SMILES string of the molecule is CN(C)CCNC(=O)C(=O)N1CCC2(CC1)OCCO2. The topological polar surface area (TPSA) is 71.1 Å². The molecule has 7 nitrogen and oxygen atoms in total. The van der Waals surface area contributed by atoms with Crippen molar-refractivity contribution in [2.24, 2.45) is 0 Å². The summed E-state index contributed by atoms with van der Waals surface area (Å²) in [6.07, 6.45) is 1.26. The largest absolute Gasteiger partial charge is 0.347 e. The number of hydrogen-bond donors (Lipinski definition) is 1. The molecule has 114 valence electrons. The molecule has 2 heterocycles. The van der Waals surface area contributed by atoms with E-state index < -0.39 is 17.6 Å². The molecule has 0 saturated carbocycles. The lowest BCUT2D eigenvalue weighted by molar-refractivity contribution is -0.188. The van der Waals surface area contributed by atoms with Gasteiger partial charge in [0, 0.05) is 39.0 Å². The number of ether oxygens (including phenoxy) is 2. The van der Waals surface area contributed by atoms with Crippen LogP contribution in [0.4, 0.5) is 0 Å². The Morgan fingerprint density at radius 2 is 1.80 bits per heavy atom. The number of nitrogens with zero attached hydrogens (tertiary/aromatic N) is 2. The minimum Gasteiger partial charge on any atom is -0.347 e. The van der Waals surface area contributed by atoms with E-state index in [1.165, 1.54) is 0 Å². The van der Waals surface area contributed by atoms with Gasteiger partial charge in [0.05, 0.1) is 13.2 Å². The van der Waals surface area contributed by atoms with Crippen LogP contribution in [-0.2, 0) is 19.1 Å². The fraction of sp³-hybridized carbons (Fsp3) is 0.846. The molecule has 0 aliphatic carbocycles. The average Bonchev–Trinajstić information content (AvgIpc) is 2.86. The Kier molecular flexibility index (Phi) is 4.95. The predicted octanol–water partition coefficient (Wildman–Crippen LogP) is -0.970. The van der Waals surface area contributed by atoms with Crippen LogP contribution in [-0.4, -0.2) is 80.9 Å². The van der Waals surface area contributed by atoms with Crippen molar-refractivity contribution in [3.05, 3.63) is 0 Å². The predicted molar refractivity (Wildman–Crippen MR) is 72.0 cm³/mol. The highest BCUT2D eigenvalue weighted by Crippen LogP contribution is 2.31. The highest BCUT2D eigenvalue weighted by Gasteiger charge is 2.41. The van der Waals surface area contributed by atoms with Crippen molar-refractivity contribution in [1.82, 2.24) is 15.1 Å². The van der Waals surface area contributed by atoms with E-state index in [0.717, 1.165) is 0 Å². The zero-order valence-electron chi connectivity index (χ0n) is 12.2. The van der Waals surface area contributed by atoms with Crippen LogP contribution in [0.15, 0.2) is 0 Å². The van der Waals surface area contributed by atoms with Crippen LogP contribution >= 0.6 is 0 Å². The molecule has 20 heavy (non-hydrogen) atoms. The van der Waals surface area contributed by atoms with E-state index in [1.54, 1.807) is 4.90 Å². The van der Waals surface area contributed by atoms with Gasteiger partial charge in [-0.05, 0) is 14.1 Å². The van der Waals surface area contributed by atoms with Crippen LogP contribution in [0, 0.1) is 0 Å². The number of carbonyl (C=O) groups excluding carboxylic acids is 2. The number of rotatable bonds is 3. The van der Waals surface area contributed by atoms with Gasteiger partial charge in [0.15, 0.2) is 5.79 Å². The molecule has 0 aromatic heterocycles. The van der Waals surface area contributed by atoms with Gasteiger partial charge >= 0.3 is 11.8 Å². The van der Waals surface area contributed by atoms with Crippen LogP contribution in [0.3, 0.4) is 0 Å². The Labute approximate surface area is 119 Å². The second-order valence-electron chi connectivity index (χ2n) is 5.46. The van der Waals surface area contributed by atoms with Crippen molar-refractivity contribution in [1.29, 1.82) is 0 Å². The van der Waals surface area contributed by atoms with Gasteiger partial charge in [0.25, 0.3) is 0 Å². The molecule has 2 saturated heterocycles. The first-order valence-electron chi connectivity index (χ1n) is 7.02. The molecule has 7 heteroatoms. The van der Waals surface area contributed by atoms with Crippen LogP contribution in [0.25, 0.3) is 0 Å². The van der Waals surface area contributed by atoms with Crippen molar-refractivity contribution in [2.45, 2.75) is 18.6 Å². The van der Waals surface area contributed by atoms with Gasteiger partial charge in [-0.25, -0.2) is 0 Å². The summed E-state index contributed by atoms with van der Waals surface area (Å²) in [4.78, 5) is 27.3. The maximum Gasteiger partial charge on any atom is 0.311 e. The van der Waals surface area contributed by atoms with E-state index in [-0.39, 0.29) is 0 Å². The summed E-state index contributed by atoms with van der Waals surface area (Å²) in [7, 11) is 3.83. The van der Waals surface area contributed by atoms with E-state index in [1.807, 2.05) is 19.0 Å². The standard InChI is InChI=1S/C13H23N3O4/c1-15(2)8-5-14-11(17)12(18)16-6-3-13(4-7-16)19-9-10-20-13/h3-10H2,1-2H3,(H,14,17). The number of carbonyl (C=O) groups is 2. The molecule has 2 fully saturated rings. The zero-order valence-corrected chi connectivity index (χ0v) is 12.2. The Balaban J connectivity index is 1.75. The molecule has 0 unspecified atom stereocenters. The lowest BCUT2D eigenvalue weighted by Gasteiger charge is -2.37. The molecule has 1 spiro atoms. The minimum absolute atomic E-state index is 0.461. The Morgan fingerprint density at radius 3 is 2.35 bits per heavy atom. The number of likely N-dealkylation sites (N-methyl/N-ethyl adjacent to an activating group) is 1. The maximum atomic E-state index is 12.0. The number of nitrogens with one attached hydrogen (secondary N) is 1. The molecule has 0 radical (unpaired) electrons. The van der Waals surface area contributed by atoms with Crippen LogP contribution in [0.5, 0.6) is 0 Å². The molecular formula is C13H23N3O4. The molecular weight excluding hydrogens is 262 g/mol. The summed E-state index contributed by atoms with van der Waals surface area (Å²) in [6, 6.07) is 0. The minimum atomic E-state index is -0.531. The number of amides is 2. The lowest BCUT2D eigenvalue weighted by Crippen LogP contribution is -2.51. The third-order valence-corrected chi connectivity index (χ3v) is 3.66. The highest BCUT2D eigenvalue weighted by molar-refractivity contribution is 6.35. The van der Waals surface area contributed by atoms with Crippen molar-refractivity contribution >= 4 is 11.8 Å². The molecule has 1 N–H and O–H groups in total. The molecule has 0 atom stereocenters. The van der Waals surface area contributed by atoms with Gasteiger partial charge in [0.1, 0.15) is 0 Å². The fourth-order valence-electron chi connectivity index (χ4n) is 2.45. The van der Waals surface area contributed by atoms with Crippen LogP contribution < -0.4 is 5.32 Å². The van der Waals surface area contributed by atoms with Crippen LogP contribution in [0.1, 0.15) is 12.8 Å². The van der Waals surface area contributed by atoms with E-state index in [4.69, 9.17) is 9.47 Å². The van der Waals surface area contributed by atoms with E-state index in [0.29, 0.717) is 52.2 Å². The van der Waals surface area contributed by atoms with Gasteiger partial charge in [-0.15, -0.1) is 0 Å². The Hall–Kier alpha value is -1.18. The first kappa shape index (κ1) is 15.2. The van der Waals surface area contributed by atoms with Crippen molar-refractivity contribution in [3.63, 3.8) is 0 Å². The Bertz CT molecular complexity index is 357. The normalized spacial score (nSPS) is 21.4. The molecule has 2 aliphatic rings. The smallest absolute Gasteiger partial charge is 0.311 e. The van der Waals surface area contributed by atoms with Gasteiger partial charge < -0.3 is 24.6 Å². The Morgan fingerprint density at radius 1 is 1.20 bits per heavy atom. The van der Waals surface area contributed by atoms with Gasteiger partial charge in [-0.1, -0.05) is 0 Å². The van der Waals surface area contributed by atoms with E-state index >= 15 is 0 Å². The van der Waals surface area contributed by atoms with Crippen molar-refractivity contribution in [3.8, 4) is 0 Å². The molecule has 0 aromatic rings. The fourth-order valence-corrected chi connectivity index (χ4v) is 2.45. The zero-order chi connectivity index (χ0) is 14.6. The summed E-state index contributed by atoms with van der Waals surface area (Å²) < 4.78 is 11.2. The van der Waals surface area contributed by atoms with Gasteiger partial charge in [0.2, 0.25) is 0 Å². The quantitative estimate of drug-likeness (QED) is 0.676. The summed E-state index contributed by atoms with van der Waals surface area (Å²) >= 11 is 0. The van der Waals surface area contributed by atoms with E-state index in [9.17, 15) is 9.59 Å². The van der Waals surface area contributed by atoms with Crippen molar-refractivity contribution in [2.75, 3.05) is 53.5 Å². The average molecular weight is 285 g/mol. The van der Waals surface area contributed by atoms with E-state index in [2.05, 4.69) is 5.32 Å². The summed E-state index contributed by atoms with van der Waals surface area (Å²) in [5.74, 6) is -1.51. The number of piperidine rings is 1. The number of hydrogen-bond acceptors (Lipinski definition) is 5. The number of likely N-dealkylation sites (tertiary alicyclic amines) is 1.